The largest absolute Gasteiger partial charge is 0.493 e. The van der Waals surface area contributed by atoms with Gasteiger partial charge in [0.2, 0.25) is 5.75 Å². The van der Waals surface area contributed by atoms with Crippen molar-refractivity contribution < 1.29 is 28.5 Å². The third-order valence-electron chi connectivity index (χ3n) is 5.87. The number of rotatable bonds is 8. The Kier molecular flexibility index (Phi) is 7.10. The zero-order chi connectivity index (χ0) is 24.9. The first kappa shape index (κ1) is 23.9. The number of fused-ring (bicyclic) bond motifs is 1. The van der Waals surface area contributed by atoms with E-state index in [2.05, 4.69) is 5.32 Å². The van der Waals surface area contributed by atoms with Crippen LogP contribution in [0.25, 0.3) is 0 Å². The van der Waals surface area contributed by atoms with E-state index in [-0.39, 0.29) is 5.91 Å². The second-order valence-corrected chi connectivity index (χ2v) is 7.76. The molecule has 0 spiro atoms. The Balaban J connectivity index is 1.72. The molecule has 1 heterocycles. The first-order valence-corrected chi connectivity index (χ1v) is 11.0. The van der Waals surface area contributed by atoms with Crippen molar-refractivity contribution in [2.75, 3.05) is 47.4 Å². The standard InChI is InChI=1S/C27H28N2O6/c1-31-21-12-16-10-11-28-25(19(16)15-22(21)32-2)18-8-6-7-9-20(18)29-27(30)17-13-23(33-3)26(35-5)24(14-17)34-4/h6-9,12-15H,10-11H2,1-5H3,(H,29,30). The number of hydrogen-bond acceptors (Lipinski definition) is 7. The van der Waals surface area contributed by atoms with Crippen LogP contribution in [0, 0.1) is 0 Å². The van der Waals surface area contributed by atoms with Gasteiger partial charge in [-0.05, 0) is 42.3 Å². The average Bonchev–Trinajstić information content (AvgIpc) is 2.91. The number of ether oxygens (including phenoxy) is 5. The molecule has 3 aromatic carbocycles. The molecule has 182 valence electrons. The highest BCUT2D eigenvalue weighted by atomic mass is 16.5. The normalized spacial score (nSPS) is 12.2. The molecule has 35 heavy (non-hydrogen) atoms. The summed E-state index contributed by atoms with van der Waals surface area (Å²) in [5.41, 5.74) is 4.65. The molecule has 4 rings (SSSR count). The van der Waals surface area contributed by atoms with Crippen molar-refractivity contribution in [2.45, 2.75) is 6.42 Å². The van der Waals surface area contributed by atoms with E-state index in [9.17, 15) is 4.79 Å². The van der Waals surface area contributed by atoms with Crippen LogP contribution in [-0.2, 0) is 6.42 Å². The zero-order valence-electron chi connectivity index (χ0n) is 20.4. The van der Waals surface area contributed by atoms with E-state index < -0.39 is 0 Å². The zero-order valence-corrected chi connectivity index (χ0v) is 20.4. The van der Waals surface area contributed by atoms with Gasteiger partial charge >= 0.3 is 0 Å². The second-order valence-electron chi connectivity index (χ2n) is 7.76. The molecule has 0 atom stereocenters. The predicted molar refractivity (Wildman–Crippen MR) is 134 cm³/mol. The molecular weight excluding hydrogens is 448 g/mol. The lowest BCUT2D eigenvalue weighted by Gasteiger charge is -2.21. The van der Waals surface area contributed by atoms with Gasteiger partial charge in [-0.15, -0.1) is 0 Å². The topological polar surface area (TPSA) is 87.6 Å². The Morgan fingerprint density at radius 2 is 1.40 bits per heavy atom. The minimum atomic E-state index is -0.319. The predicted octanol–water partition coefficient (Wildman–Crippen LogP) is 4.38. The lowest BCUT2D eigenvalue weighted by molar-refractivity contribution is 0.102. The van der Waals surface area contributed by atoms with Gasteiger partial charge in [0.15, 0.2) is 23.0 Å². The molecule has 8 nitrogen and oxygen atoms in total. The van der Waals surface area contributed by atoms with Gasteiger partial charge in [0, 0.05) is 23.2 Å². The van der Waals surface area contributed by atoms with Crippen LogP contribution in [0.4, 0.5) is 5.69 Å². The third kappa shape index (κ3) is 4.59. The van der Waals surface area contributed by atoms with E-state index in [1.165, 1.54) is 21.3 Å². The molecule has 0 aromatic heterocycles. The number of nitrogens with one attached hydrogen (secondary N) is 1. The average molecular weight is 477 g/mol. The van der Waals surface area contributed by atoms with E-state index in [0.29, 0.717) is 46.5 Å². The summed E-state index contributed by atoms with van der Waals surface area (Å²) < 4.78 is 27.1. The number of hydrogen-bond donors (Lipinski definition) is 1. The number of anilines is 1. The maximum atomic E-state index is 13.3. The lowest BCUT2D eigenvalue weighted by Crippen LogP contribution is -2.19. The first-order chi connectivity index (χ1) is 17.0. The molecule has 0 saturated carbocycles. The number of methoxy groups -OCH3 is 5. The summed E-state index contributed by atoms with van der Waals surface area (Å²) in [6.45, 7) is 0.632. The second kappa shape index (κ2) is 10.4. The number of para-hydroxylation sites is 1. The number of nitrogens with zero attached hydrogens (tertiary/aromatic N) is 1. The minimum absolute atomic E-state index is 0.319. The van der Waals surface area contributed by atoms with E-state index in [1.54, 1.807) is 26.4 Å². The maximum Gasteiger partial charge on any atom is 0.255 e. The van der Waals surface area contributed by atoms with Crippen molar-refractivity contribution >= 4 is 17.3 Å². The Morgan fingerprint density at radius 3 is 2.03 bits per heavy atom. The van der Waals surface area contributed by atoms with Crippen molar-refractivity contribution in [2.24, 2.45) is 4.99 Å². The number of benzene rings is 3. The monoisotopic (exact) mass is 476 g/mol. The highest BCUT2D eigenvalue weighted by molar-refractivity contribution is 6.19. The van der Waals surface area contributed by atoms with Gasteiger partial charge < -0.3 is 29.0 Å². The van der Waals surface area contributed by atoms with Crippen LogP contribution in [0.2, 0.25) is 0 Å². The van der Waals surface area contributed by atoms with Gasteiger partial charge in [0.05, 0.1) is 46.9 Å². The highest BCUT2D eigenvalue weighted by Gasteiger charge is 2.23. The maximum absolute atomic E-state index is 13.3. The van der Waals surface area contributed by atoms with Crippen LogP contribution in [-0.4, -0.2) is 53.7 Å². The number of aliphatic imine (C=N–C) groups is 1. The molecule has 0 aliphatic carbocycles. The van der Waals surface area contributed by atoms with Gasteiger partial charge in [-0.1, -0.05) is 18.2 Å². The fourth-order valence-corrected chi connectivity index (χ4v) is 4.16. The molecular formula is C27H28N2O6. The minimum Gasteiger partial charge on any atom is -0.493 e. The van der Waals surface area contributed by atoms with Crippen LogP contribution in [0.3, 0.4) is 0 Å². The molecule has 0 saturated heterocycles. The summed E-state index contributed by atoms with van der Waals surface area (Å²) in [4.78, 5) is 18.1. The quantitative estimate of drug-likeness (QED) is 0.519. The van der Waals surface area contributed by atoms with Gasteiger partial charge in [0.1, 0.15) is 0 Å². The molecule has 1 aliphatic rings. The molecule has 0 bridgehead atoms. The fourth-order valence-electron chi connectivity index (χ4n) is 4.16. The summed E-state index contributed by atoms with van der Waals surface area (Å²) in [6, 6.07) is 14.7. The van der Waals surface area contributed by atoms with E-state index >= 15 is 0 Å². The summed E-state index contributed by atoms with van der Waals surface area (Å²) in [7, 11) is 7.77. The van der Waals surface area contributed by atoms with Crippen LogP contribution in [0.15, 0.2) is 53.5 Å². The third-order valence-corrected chi connectivity index (χ3v) is 5.87. The van der Waals surface area contributed by atoms with Crippen LogP contribution < -0.4 is 29.0 Å². The van der Waals surface area contributed by atoms with E-state index in [1.807, 2.05) is 36.4 Å². The van der Waals surface area contributed by atoms with Crippen molar-refractivity contribution in [3.8, 4) is 28.7 Å². The van der Waals surface area contributed by atoms with Crippen LogP contribution >= 0.6 is 0 Å². The number of carbonyl (C=O) groups is 1. The SMILES string of the molecule is COc1cc2c(cc1OC)C(c1ccccc1NC(=O)c1cc(OC)c(OC)c(OC)c1)=NCC2. The van der Waals surface area contributed by atoms with Gasteiger partial charge in [0.25, 0.3) is 5.91 Å². The van der Waals surface area contributed by atoms with Crippen molar-refractivity contribution in [3.63, 3.8) is 0 Å². The molecule has 8 heteroatoms. The summed E-state index contributed by atoms with van der Waals surface area (Å²) in [6.07, 6.45) is 0.791. The fraction of sp³-hybridized carbons (Fsp3) is 0.259. The smallest absolute Gasteiger partial charge is 0.255 e. The molecule has 0 radical (unpaired) electrons. The Bertz CT molecular complexity index is 1260. The van der Waals surface area contributed by atoms with E-state index in [0.717, 1.165) is 28.8 Å². The lowest BCUT2D eigenvalue weighted by atomic mass is 9.92. The van der Waals surface area contributed by atoms with Crippen molar-refractivity contribution in [3.05, 3.63) is 70.8 Å². The molecule has 1 N–H and O–H groups in total. The molecule has 0 fully saturated rings. The molecule has 1 aliphatic heterocycles. The van der Waals surface area contributed by atoms with E-state index in [4.69, 9.17) is 28.7 Å². The molecule has 3 aromatic rings. The molecule has 0 unspecified atom stereocenters. The Hall–Kier alpha value is -4.20. The van der Waals surface area contributed by atoms with Crippen molar-refractivity contribution in [1.82, 2.24) is 0 Å². The van der Waals surface area contributed by atoms with Gasteiger partial charge in [-0.3, -0.25) is 9.79 Å². The van der Waals surface area contributed by atoms with Gasteiger partial charge in [-0.25, -0.2) is 0 Å². The van der Waals surface area contributed by atoms with Crippen LogP contribution in [0.5, 0.6) is 28.7 Å². The summed E-state index contributed by atoms with van der Waals surface area (Å²) in [5, 5.41) is 3.02. The van der Waals surface area contributed by atoms with Crippen molar-refractivity contribution in [1.29, 1.82) is 0 Å². The number of carbonyl (C=O) groups excluding carboxylic acids is 1. The van der Waals surface area contributed by atoms with Crippen LogP contribution in [0.1, 0.15) is 27.0 Å². The van der Waals surface area contributed by atoms with Gasteiger partial charge in [-0.2, -0.15) is 0 Å². The highest BCUT2D eigenvalue weighted by Crippen LogP contribution is 2.39. The molecule has 1 amide bonds. The summed E-state index contributed by atoms with van der Waals surface area (Å²) in [5.74, 6) is 2.20. The first-order valence-electron chi connectivity index (χ1n) is 11.0. The Morgan fingerprint density at radius 1 is 0.771 bits per heavy atom. The summed E-state index contributed by atoms with van der Waals surface area (Å²) >= 11 is 0. The number of amides is 1. The Labute approximate surface area is 204 Å².